The number of aromatic nitrogens is 3. The maximum atomic E-state index is 11.4. The first kappa shape index (κ1) is 12.0. The first-order chi connectivity index (χ1) is 7.56. The van der Waals surface area contributed by atoms with Gasteiger partial charge in [-0.3, -0.25) is 0 Å². The van der Waals surface area contributed by atoms with Crippen molar-refractivity contribution in [3.63, 3.8) is 0 Å². The van der Waals surface area contributed by atoms with E-state index in [1.165, 1.54) is 6.08 Å². The second kappa shape index (κ2) is 5.12. The lowest BCUT2D eigenvalue weighted by Crippen LogP contribution is -2.25. The Morgan fingerprint density at radius 2 is 2.31 bits per heavy atom. The summed E-state index contributed by atoms with van der Waals surface area (Å²) < 4.78 is 0. The zero-order chi connectivity index (χ0) is 12.1. The van der Waals surface area contributed by atoms with E-state index in [4.69, 9.17) is 11.3 Å². The summed E-state index contributed by atoms with van der Waals surface area (Å²) in [7, 11) is 0. The van der Waals surface area contributed by atoms with Gasteiger partial charge in [-0.15, -0.1) is 11.5 Å². The van der Waals surface area contributed by atoms with Gasteiger partial charge in [0, 0.05) is 0 Å². The van der Waals surface area contributed by atoms with Crippen LogP contribution in [0.4, 0.5) is 0 Å². The number of aryl methyl sites for hydroxylation is 1. The van der Waals surface area contributed by atoms with Crippen molar-refractivity contribution >= 4 is 12.0 Å². The molecular formula is C11H13N3O2. The van der Waals surface area contributed by atoms with Crippen LogP contribution < -0.4 is 4.84 Å². The average Bonchev–Trinajstić information content (AvgIpc) is 2.57. The summed E-state index contributed by atoms with van der Waals surface area (Å²) in [6, 6.07) is 0. The lowest BCUT2D eigenvalue weighted by molar-refractivity contribution is -0.149. The lowest BCUT2D eigenvalue weighted by atomic mass is 10.2. The molecule has 0 spiro atoms. The molecule has 0 bridgehead atoms. The number of allylic oxidation sites excluding steroid dienone is 1. The molecule has 0 N–H and O–H groups in total. The van der Waals surface area contributed by atoms with E-state index in [-0.39, 0.29) is 11.9 Å². The SMILES string of the molecule is C#C/C=C\c1c(C)nnn1OC(=O)C(C)C. The molecule has 0 aromatic carbocycles. The van der Waals surface area contributed by atoms with Gasteiger partial charge in [-0.1, -0.05) is 24.6 Å². The third-order valence-corrected chi connectivity index (χ3v) is 1.84. The van der Waals surface area contributed by atoms with E-state index in [0.717, 1.165) is 4.85 Å². The molecule has 0 aliphatic carbocycles. The van der Waals surface area contributed by atoms with Crippen LogP contribution in [-0.4, -0.2) is 21.1 Å². The van der Waals surface area contributed by atoms with E-state index in [1.54, 1.807) is 26.8 Å². The van der Waals surface area contributed by atoms with Gasteiger partial charge in [0.1, 0.15) is 5.69 Å². The average molecular weight is 219 g/mol. The highest BCUT2D eigenvalue weighted by Gasteiger charge is 2.14. The van der Waals surface area contributed by atoms with Crippen LogP contribution in [-0.2, 0) is 4.79 Å². The van der Waals surface area contributed by atoms with Crippen LogP contribution in [0.25, 0.3) is 6.08 Å². The van der Waals surface area contributed by atoms with Crippen LogP contribution in [0.5, 0.6) is 0 Å². The topological polar surface area (TPSA) is 57.0 Å². The Balaban J connectivity index is 2.93. The van der Waals surface area contributed by atoms with Gasteiger partial charge in [-0.25, -0.2) is 4.79 Å². The molecule has 1 rings (SSSR count). The zero-order valence-electron chi connectivity index (χ0n) is 9.47. The summed E-state index contributed by atoms with van der Waals surface area (Å²) >= 11 is 0. The molecule has 0 aliphatic heterocycles. The molecule has 84 valence electrons. The summed E-state index contributed by atoms with van der Waals surface area (Å²) in [5.41, 5.74) is 1.20. The minimum absolute atomic E-state index is 0.228. The fourth-order valence-corrected chi connectivity index (χ4v) is 0.915. The Kier molecular flexibility index (Phi) is 3.84. The van der Waals surface area contributed by atoms with Crippen molar-refractivity contribution in [3.8, 4) is 12.3 Å². The smallest absolute Gasteiger partial charge is 0.317 e. The van der Waals surface area contributed by atoms with Gasteiger partial charge in [0.25, 0.3) is 0 Å². The molecule has 0 saturated heterocycles. The number of carbonyl (C=O) groups is 1. The van der Waals surface area contributed by atoms with Crippen molar-refractivity contribution in [3.05, 3.63) is 17.5 Å². The van der Waals surface area contributed by atoms with Crippen molar-refractivity contribution in [2.75, 3.05) is 0 Å². The van der Waals surface area contributed by atoms with Crippen LogP contribution in [0.2, 0.25) is 0 Å². The summed E-state index contributed by atoms with van der Waals surface area (Å²) in [5, 5.41) is 7.49. The normalized spacial score (nSPS) is 10.7. The zero-order valence-corrected chi connectivity index (χ0v) is 9.47. The first-order valence-corrected chi connectivity index (χ1v) is 4.83. The number of rotatable bonds is 3. The predicted molar refractivity (Wildman–Crippen MR) is 59.1 cm³/mol. The van der Waals surface area contributed by atoms with Crippen LogP contribution in [0.1, 0.15) is 25.2 Å². The molecule has 16 heavy (non-hydrogen) atoms. The Bertz CT molecular complexity index is 452. The van der Waals surface area contributed by atoms with Crippen LogP contribution >= 0.6 is 0 Å². The number of hydrogen-bond donors (Lipinski definition) is 0. The van der Waals surface area contributed by atoms with Gasteiger partial charge < -0.3 is 4.84 Å². The van der Waals surface area contributed by atoms with Crippen LogP contribution in [0.15, 0.2) is 6.08 Å². The van der Waals surface area contributed by atoms with Gasteiger partial charge >= 0.3 is 5.97 Å². The van der Waals surface area contributed by atoms with Crippen molar-refractivity contribution in [1.82, 2.24) is 15.2 Å². The maximum Gasteiger partial charge on any atom is 0.337 e. The highest BCUT2D eigenvalue weighted by atomic mass is 16.7. The minimum atomic E-state index is -0.375. The molecule has 0 atom stereocenters. The van der Waals surface area contributed by atoms with E-state index in [1.807, 2.05) is 0 Å². The molecule has 0 saturated carbocycles. The fraction of sp³-hybridized carbons (Fsp3) is 0.364. The van der Waals surface area contributed by atoms with E-state index in [0.29, 0.717) is 11.4 Å². The fourth-order valence-electron chi connectivity index (χ4n) is 0.915. The maximum absolute atomic E-state index is 11.4. The third-order valence-electron chi connectivity index (χ3n) is 1.84. The second-order valence-electron chi connectivity index (χ2n) is 3.50. The Morgan fingerprint density at radius 3 is 2.88 bits per heavy atom. The molecule has 0 amide bonds. The molecule has 1 aromatic rings. The highest BCUT2D eigenvalue weighted by molar-refractivity contribution is 5.72. The molecule has 0 unspecified atom stereocenters. The number of hydrogen-bond acceptors (Lipinski definition) is 4. The van der Waals surface area contributed by atoms with Gasteiger partial charge in [0.15, 0.2) is 0 Å². The van der Waals surface area contributed by atoms with E-state index < -0.39 is 0 Å². The van der Waals surface area contributed by atoms with Gasteiger partial charge in [-0.05, 0) is 24.3 Å². The number of terminal acetylenes is 1. The summed E-state index contributed by atoms with van der Waals surface area (Å²) in [4.78, 5) is 17.5. The summed E-state index contributed by atoms with van der Waals surface area (Å²) in [6.07, 6.45) is 8.21. The van der Waals surface area contributed by atoms with Crippen LogP contribution in [0.3, 0.4) is 0 Å². The number of carbonyl (C=O) groups excluding carboxylic acids is 1. The Hall–Kier alpha value is -2.09. The molecule has 5 heteroatoms. The van der Waals surface area contributed by atoms with Gasteiger partial charge in [0.2, 0.25) is 0 Å². The second-order valence-corrected chi connectivity index (χ2v) is 3.50. The van der Waals surface area contributed by atoms with Crippen molar-refractivity contribution < 1.29 is 9.63 Å². The summed E-state index contributed by atoms with van der Waals surface area (Å²) in [5.74, 6) is 1.74. The lowest BCUT2D eigenvalue weighted by Gasteiger charge is -2.05. The molecule has 0 fully saturated rings. The predicted octanol–water partition coefficient (Wildman–Crippen LogP) is 0.844. The largest absolute Gasteiger partial charge is 0.337 e. The van der Waals surface area contributed by atoms with Crippen LogP contribution in [0, 0.1) is 25.2 Å². The van der Waals surface area contributed by atoms with E-state index in [9.17, 15) is 4.79 Å². The Labute approximate surface area is 94.0 Å². The highest BCUT2D eigenvalue weighted by Crippen LogP contribution is 2.05. The minimum Gasteiger partial charge on any atom is -0.317 e. The van der Waals surface area contributed by atoms with Gasteiger partial charge in [-0.2, -0.15) is 0 Å². The quantitative estimate of drug-likeness (QED) is 0.558. The standard InChI is InChI=1S/C11H13N3O2/c1-5-6-7-10-9(4)12-13-14(10)16-11(15)8(2)3/h1,6-8H,2-4H3/b7-6-. The molecule has 0 radical (unpaired) electrons. The number of nitrogens with zero attached hydrogens (tertiary/aromatic N) is 3. The molecule has 5 nitrogen and oxygen atoms in total. The monoisotopic (exact) mass is 219 g/mol. The molecular weight excluding hydrogens is 206 g/mol. The van der Waals surface area contributed by atoms with Crippen molar-refractivity contribution in [2.24, 2.45) is 5.92 Å². The molecule has 0 aliphatic rings. The first-order valence-electron chi connectivity index (χ1n) is 4.83. The van der Waals surface area contributed by atoms with Gasteiger partial charge in [0.05, 0.1) is 11.6 Å². The molecule has 1 heterocycles. The van der Waals surface area contributed by atoms with E-state index >= 15 is 0 Å². The Morgan fingerprint density at radius 1 is 1.62 bits per heavy atom. The third kappa shape index (κ3) is 2.70. The molecule has 1 aromatic heterocycles. The van der Waals surface area contributed by atoms with Crippen molar-refractivity contribution in [2.45, 2.75) is 20.8 Å². The summed E-state index contributed by atoms with van der Waals surface area (Å²) in [6.45, 7) is 5.23. The van der Waals surface area contributed by atoms with E-state index in [2.05, 4.69) is 16.2 Å². The van der Waals surface area contributed by atoms with Crippen molar-refractivity contribution in [1.29, 1.82) is 0 Å².